The Morgan fingerprint density at radius 2 is 1.67 bits per heavy atom. The number of hydrogen-bond acceptors (Lipinski definition) is 3. The number of alkyl carbamates (subject to hydrolysis) is 1. The van der Waals surface area contributed by atoms with Gasteiger partial charge < -0.3 is 15.2 Å². The Balaban J connectivity index is 2.00. The summed E-state index contributed by atoms with van der Waals surface area (Å²) in [5.74, 6) is -1.70. The lowest BCUT2D eigenvalue weighted by molar-refractivity contribution is -0.295. The van der Waals surface area contributed by atoms with Gasteiger partial charge in [-0.05, 0) is 58.3 Å². The van der Waals surface area contributed by atoms with E-state index in [2.05, 4.69) is 5.32 Å². The van der Waals surface area contributed by atoms with Gasteiger partial charge >= 0.3 is 12.3 Å². The summed E-state index contributed by atoms with van der Waals surface area (Å²) in [6.07, 6.45) is -4.29. The number of carbonyl (C=O) groups is 1. The Bertz CT molecular complexity index is 403. The van der Waals surface area contributed by atoms with Crippen LogP contribution in [0.3, 0.4) is 0 Å². The monoisotopic (exact) mass is 309 g/mol. The number of aliphatic hydroxyl groups is 1. The molecule has 0 aliphatic heterocycles. The van der Waals surface area contributed by atoms with E-state index in [4.69, 9.17) is 4.74 Å². The summed E-state index contributed by atoms with van der Waals surface area (Å²) in [6.45, 7) is 5.17. The van der Waals surface area contributed by atoms with Crippen LogP contribution in [0, 0.1) is 11.8 Å². The molecule has 2 aliphatic carbocycles. The first-order valence-electron chi connectivity index (χ1n) is 7.22. The summed E-state index contributed by atoms with van der Waals surface area (Å²) >= 11 is 0. The van der Waals surface area contributed by atoms with Crippen molar-refractivity contribution in [3.8, 4) is 0 Å². The zero-order chi connectivity index (χ0) is 16.1. The summed E-state index contributed by atoms with van der Waals surface area (Å²) in [6, 6.07) is -0.375. The number of carbonyl (C=O) groups excluding carboxylic acids is 1. The Morgan fingerprint density at radius 3 is 2.05 bits per heavy atom. The highest BCUT2D eigenvalue weighted by atomic mass is 19.4. The maximum atomic E-state index is 13.1. The summed E-state index contributed by atoms with van der Waals surface area (Å²) < 4.78 is 44.5. The van der Waals surface area contributed by atoms with Crippen molar-refractivity contribution < 1.29 is 27.8 Å². The van der Waals surface area contributed by atoms with Crippen molar-refractivity contribution in [2.24, 2.45) is 11.8 Å². The maximum Gasteiger partial charge on any atom is 0.417 e. The SMILES string of the molecule is CC(C)(C)OC(=O)NC1C[C@H]2CC[C@H](C1)C2(O)C(F)(F)F. The average Bonchev–Trinajstić information content (AvgIpc) is 2.46. The van der Waals surface area contributed by atoms with Gasteiger partial charge in [0.15, 0.2) is 5.60 Å². The Labute approximate surface area is 122 Å². The van der Waals surface area contributed by atoms with E-state index in [9.17, 15) is 23.1 Å². The number of fused-ring (bicyclic) bond motifs is 2. The molecule has 122 valence electrons. The van der Waals surface area contributed by atoms with Crippen LogP contribution in [0.4, 0.5) is 18.0 Å². The molecule has 0 heterocycles. The number of hydrogen-bond donors (Lipinski definition) is 2. The van der Waals surface area contributed by atoms with Gasteiger partial charge in [0, 0.05) is 6.04 Å². The summed E-state index contributed by atoms with van der Waals surface area (Å²) in [4.78, 5) is 11.7. The van der Waals surface area contributed by atoms with Crippen molar-refractivity contribution in [3.63, 3.8) is 0 Å². The van der Waals surface area contributed by atoms with Gasteiger partial charge in [0.25, 0.3) is 0 Å². The molecule has 2 saturated carbocycles. The molecule has 0 unspecified atom stereocenters. The van der Waals surface area contributed by atoms with Crippen molar-refractivity contribution in [2.45, 2.75) is 69.9 Å². The van der Waals surface area contributed by atoms with E-state index in [1.165, 1.54) is 0 Å². The molecule has 2 atom stereocenters. The number of halogens is 3. The largest absolute Gasteiger partial charge is 0.444 e. The highest BCUT2D eigenvalue weighted by Gasteiger charge is 2.67. The van der Waals surface area contributed by atoms with Gasteiger partial charge in [-0.15, -0.1) is 0 Å². The predicted octanol–water partition coefficient (Wildman–Crippen LogP) is 2.99. The zero-order valence-corrected chi connectivity index (χ0v) is 12.5. The Hall–Kier alpha value is -0.980. The van der Waals surface area contributed by atoms with Crippen molar-refractivity contribution in [2.75, 3.05) is 0 Å². The summed E-state index contributed by atoms with van der Waals surface area (Å²) in [5, 5.41) is 12.7. The predicted molar refractivity (Wildman–Crippen MR) is 69.6 cm³/mol. The Morgan fingerprint density at radius 1 is 1.19 bits per heavy atom. The number of ether oxygens (including phenoxy) is 1. The first-order valence-corrected chi connectivity index (χ1v) is 7.22. The number of amides is 1. The topological polar surface area (TPSA) is 58.6 Å². The van der Waals surface area contributed by atoms with Crippen LogP contribution >= 0.6 is 0 Å². The third kappa shape index (κ3) is 3.12. The summed E-state index contributed by atoms with van der Waals surface area (Å²) in [5.41, 5.74) is -3.25. The number of alkyl halides is 3. The average molecular weight is 309 g/mol. The number of rotatable bonds is 1. The molecule has 1 amide bonds. The molecular weight excluding hydrogens is 287 g/mol. The van der Waals surface area contributed by atoms with Crippen molar-refractivity contribution in [1.29, 1.82) is 0 Å². The lowest BCUT2D eigenvalue weighted by Gasteiger charge is -2.43. The fourth-order valence-electron chi connectivity index (χ4n) is 3.61. The van der Waals surface area contributed by atoms with Gasteiger partial charge in [0.05, 0.1) is 0 Å². The van der Waals surface area contributed by atoms with Crippen LogP contribution in [-0.4, -0.2) is 34.6 Å². The number of nitrogens with one attached hydrogen (secondary N) is 1. The lowest BCUT2D eigenvalue weighted by Crippen LogP contribution is -2.59. The first-order chi connectivity index (χ1) is 9.43. The standard InChI is InChI=1S/C14H22F3NO3/c1-12(2,3)21-11(19)18-10-6-8-4-5-9(7-10)13(8,20)14(15,16)17/h8-10,20H,4-7H2,1-3H3,(H,18,19)/t8-,9-,10?,13?/m1/s1. The van der Waals surface area contributed by atoms with Gasteiger partial charge in [0.2, 0.25) is 0 Å². The van der Waals surface area contributed by atoms with E-state index in [1.54, 1.807) is 20.8 Å². The van der Waals surface area contributed by atoms with Crippen LogP contribution < -0.4 is 5.32 Å². The van der Waals surface area contributed by atoms with Crippen LogP contribution in [-0.2, 0) is 4.74 Å². The molecule has 21 heavy (non-hydrogen) atoms. The maximum absolute atomic E-state index is 13.1. The second-order valence-electron chi connectivity index (χ2n) is 7.11. The second kappa shape index (κ2) is 5.04. The molecule has 2 bridgehead atoms. The fraction of sp³-hybridized carbons (Fsp3) is 0.929. The van der Waals surface area contributed by atoms with E-state index < -0.39 is 35.3 Å². The van der Waals surface area contributed by atoms with Gasteiger partial charge in [-0.1, -0.05) is 0 Å². The zero-order valence-electron chi connectivity index (χ0n) is 12.5. The van der Waals surface area contributed by atoms with Crippen LogP contribution in [0.5, 0.6) is 0 Å². The van der Waals surface area contributed by atoms with Crippen LogP contribution in [0.2, 0.25) is 0 Å². The van der Waals surface area contributed by atoms with Crippen LogP contribution in [0.15, 0.2) is 0 Å². The smallest absolute Gasteiger partial charge is 0.417 e. The molecule has 4 nitrogen and oxygen atoms in total. The molecule has 7 heteroatoms. The molecular formula is C14H22F3NO3. The third-order valence-corrected chi connectivity index (χ3v) is 4.42. The Kier molecular flexibility index (Phi) is 3.93. The van der Waals surface area contributed by atoms with Crippen LogP contribution in [0.25, 0.3) is 0 Å². The van der Waals surface area contributed by atoms with E-state index in [1.807, 2.05) is 0 Å². The van der Waals surface area contributed by atoms with E-state index in [-0.39, 0.29) is 18.9 Å². The summed E-state index contributed by atoms with van der Waals surface area (Å²) in [7, 11) is 0. The minimum Gasteiger partial charge on any atom is -0.444 e. The van der Waals surface area contributed by atoms with Gasteiger partial charge in [-0.3, -0.25) is 0 Å². The van der Waals surface area contributed by atoms with Gasteiger partial charge in [0.1, 0.15) is 5.60 Å². The molecule has 2 aliphatic rings. The van der Waals surface area contributed by atoms with Crippen LogP contribution in [0.1, 0.15) is 46.5 Å². The van der Waals surface area contributed by atoms with E-state index >= 15 is 0 Å². The van der Waals surface area contributed by atoms with Crippen molar-refractivity contribution in [3.05, 3.63) is 0 Å². The third-order valence-electron chi connectivity index (χ3n) is 4.42. The van der Waals surface area contributed by atoms with E-state index in [0.29, 0.717) is 12.8 Å². The van der Waals surface area contributed by atoms with Crippen molar-refractivity contribution >= 4 is 6.09 Å². The highest BCUT2D eigenvalue weighted by Crippen LogP contribution is 2.56. The molecule has 0 aromatic rings. The quantitative estimate of drug-likeness (QED) is 0.783. The first kappa shape index (κ1) is 16.4. The minimum atomic E-state index is -4.62. The fourth-order valence-corrected chi connectivity index (χ4v) is 3.61. The molecule has 0 aromatic heterocycles. The van der Waals surface area contributed by atoms with E-state index in [0.717, 1.165) is 0 Å². The highest BCUT2D eigenvalue weighted by molar-refractivity contribution is 5.68. The molecule has 2 fully saturated rings. The molecule has 0 saturated heterocycles. The minimum absolute atomic E-state index is 0.131. The van der Waals surface area contributed by atoms with Gasteiger partial charge in [-0.2, -0.15) is 13.2 Å². The second-order valence-corrected chi connectivity index (χ2v) is 7.11. The molecule has 2 rings (SSSR count). The normalized spacial score (nSPS) is 36.4. The molecule has 0 aromatic carbocycles. The molecule has 0 radical (unpaired) electrons. The molecule has 2 N–H and O–H groups in total. The van der Waals surface area contributed by atoms with Gasteiger partial charge in [-0.25, -0.2) is 4.79 Å². The van der Waals surface area contributed by atoms with Crippen molar-refractivity contribution in [1.82, 2.24) is 5.32 Å². The lowest BCUT2D eigenvalue weighted by atomic mass is 9.72. The molecule has 0 spiro atoms.